The van der Waals surface area contributed by atoms with Crippen molar-refractivity contribution in [2.75, 3.05) is 12.0 Å². The molecule has 3 nitrogen and oxygen atoms in total. The zero-order chi connectivity index (χ0) is 15.5. The molecule has 0 saturated heterocycles. The van der Waals surface area contributed by atoms with Crippen LogP contribution in [0, 0.1) is 0 Å². The quantitative estimate of drug-likeness (QED) is 0.645. The summed E-state index contributed by atoms with van der Waals surface area (Å²) in [4.78, 5) is 13.6. The van der Waals surface area contributed by atoms with Gasteiger partial charge in [-0.15, -0.1) is 24.2 Å². The molecule has 1 aliphatic carbocycles. The summed E-state index contributed by atoms with van der Waals surface area (Å²) in [5, 5.41) is 3.19. The lowest BCUT2D eigenvalue weighted by molar-refractivity contribution is 0.0930. The fourth-order valence-corrected chi connectivity index (χ4v) is 3.65. The van der Waals surface area contributed by atoms with Crippen molar-refractivity contribution < 1.29 is 4.79 Å². The van der Waals surface area contributed by atoms with Crippen LogP contribution in [0.25, 0.3) is 0 Å². The molecule has 122 valence electrons. The minimum atomic E-state index is -0.000347. The molecule has 2 aromatic carbocycles. The van der Waals surface area contributed by atoms with Crippen LogP contribution in [0.1, 0.15) is 40.4 Å². The van der Waals surface area contributed by atoms with Gasteiger partial charge < -0.3 is 11.1 Å². The van der Waals surface area contributed by atoms with Crippen molar-refractivity contribution in [1.82, 2.24) is 5.32 Å². The zero-order valence-electron chi connectivity index (χ0n) is 13.0. The van der Waals surface area contributed by atoms with Gasteiger partial charge in [-0.05, 0) is 60.9 Å². The van der Waals surface area contributed by atoms with Crippen LogP contribution in [0.2, 0.25) is 0 Å². The number of nitrogen functional groups attached to an aromatic ring is 1. The SMILES string of the molecule is CSc1ccccc1C(=O)NC1CCCc2cc(N)ccc21.Cl. The Morgan fingerprint density at radius 3 is 2.83 bits per heavy atom. The average molecular weight is 349 g/mol. The number of fused-ring (bicyclic) bond motifs is 1. The molecule has 3 N–H and O–H groups in total. The number of hydrogen-bond donors (Lipinski definition) is 2. The number of aryl methyl sites for hydroxylation is 1. The summed E-state index contributed by atoms with van der Waals surface area (Å²) in [6.45, 7) is 0. The van der Waals surface area contributed by atoms with Crippen molar-refractivity contribution in [3.05, 3.63) is 59.2 Å². The fourth-order valence-electron chi connectivity index (χ4n) is 3.05. The van der Waals surface area contributed by atoms with E-state index in [-0.39, 0.29) is 24.4 Å². The molecule has 1 unspecified atom stereocenters. The Morgan fingerprint density at radius 2 is 2.04 bits per heavy atom. The number of thioether (sulfide) groups is 1. The van der Waals surface area contributed by atoms with E-state index >= 15 is 0 Å². The van der Waals surface area contributed by atoms with Crippen molar-refractivity contribution in [3.63, 3.8) is 0 Å². The molecule has 5 heteroatoms. The lowest BCUT2D eigenvalue weighted by Crippen LogP contribution is -2.31. The van der Waals surface area contributed by atoms with Gasteiger partial charge in [0.05, 0.1) is 11.6 Å². The molecule has 1 aliphatic rings. The summed E-state index contributed by atoms with van der Waals surface area (Å²) in [6.07, 6.45) is 5.08. The molecular weight excluding hydrogens is 328 g/mol. The Kier molecular flexibility index (Phi) is 5.97. The van der Waals surface area contributed by atoms with Gasteiger partial charge in [-0.3, -0.25) is 4.79 Å². The van der Waals surface area contributed by atoms with Gasteiger partial charge in [0.2, 0.25) is 0 Å². The second-order valence-electron chi connectivity index (χ2n) is 5.58. The Hall–Kier alpha value is -1.65. The first-order chi connectivity index (χ1) is 10.7. The molecule has 0 aliphatic heterocycles. The highest BCUT2D eigenvalue weighted by molar-refractivity contribution is 7.98. The summed E-state index contributed by atoms with van der Waals surface area (Å²) in [5.74, 6) is -0.000347. The number of nitrogens with one attached hydrogen (secondary N) is 1. The first kappa shape index (κ1) is 17.7. The topological polar surface area (TPSA) is 55.1 Å². The number of rotatable bonds is 3. The van der Waals surface area contributed by atoms with E-state index in [4.69, 9.17) is 5.73 Å². The summed E-state index contributed by atoms with van der Waals surface area (Å²) < 4.78 is 0. The van der Waals surface area contributed by atoms with Crippen LogP contribution in [0.4, 0.5) is 5.69 Å². The van der Waals surface area contributed by atoms with E-state index in [1.165, 1.54) is 11.1 Å². The molecule has 1 atom stereocenters. The Bertz CT molecular complexity index is 705. The van der Waals surface area contributed by atoms with Crippen LogP contribution in [-0.2, 0) is 6.42 Å². The van der Waals surface area contributed by atoms with Gasteiger partial charge in [0.25, 0.3) is 5.91 Å². The standard InChI is InChI=1S/C18H20N2OS.ClH/c1-22-17-8-3-2-6-15(17)18(21)20-16-7-4-5-12-11-13(19)9-10-14(12)16;/h2-3,6,8-11,16H,4-5,7,19H2,1H3,(H,20,21);1H. The molecule has 0 spiro atoms. The van der Waals surface area contributed by atoms with Gasteiger partial charge >= 0.3 is 0 Å². The summed E-state index contributed by atoms with van der Waals surface area (Å²) in [7, 11) is 0. The molecule has 1 amide bonds. The highest BCUT2D eigenvalue weighted by atomic mass is 35.5. The van der Waals surface area contributed by atoms with Gasteiger partial charge in [-0.1, -0.05) is 18.2 Å². The van der Waals surface area contributed by atoms with Gasteiger partial charge in [-0.2, -0.15) is 0 Å². The minimum Gasteiger partial charge on any atom is -0.399 e. The third-order valence-corrected chi connectivity index (χ3v) is 4.93. The van der Waals surface area contributed by atoms with Crippen LogP contribution < -0.4 is 11.1 Å². The van der Waals surface area contributed by atoms with Crippen molar-refractivity contribution in [2.45, 2.75) is 30.2 Å². The summed E-state index contributed by atoms with van der Waals surface area (Å²) in [6, 6.07) is 13.8. The van der Waals surface area contributed by atoms with Crippen molar-refractivity contribution in [3.8, 4) is 0 Å². The van der Waals surface area contributed by atoms with E-state index in [2.05, 4.69) is 11.4 Å². The van der Waals surface area contributed by atoms with E-state index < -0.39 is 0 Å². The number of halogens is 1. The molecule has 0 aromatic heterocycles. The maximum atomic E-state index is 12.6. The van der Waals surface area contributed by atoms with E-state index in [0.29, 0.717) is 0 Å². The Balaban J connectivity index is 0.00000192. The minimum absolute atomic E-state index is 0. The highest BCUT2D eigenvalue weighted by Gasteiger charge is 2.23. The molecule has 0 fully saturated rings. The van der Waals surface area contributed by atoms with Crippen molar-refractivity contribution in [1.29, 1.82) is 0 Å². The van der Waals surface area contributed by atoms with E-state index in [0.717, 1.165) is 35.4 Å². The second kappa shape index (κ2) is 7.75. The van der Waals surface area contributed by atoms with Crippen LogP contribution in [0.5, 0.6) is 0 Å². The third-order valence-electron chi connectivity index (χ3n) is 4.14. The highest BCUT2D eigenvalue weighted by Crippen LogP contribution is 2.31. The maximum Gasteiger partial charge on any atom is 0.252 e. The average Bonchev–Trinajstić information content (AvgIpc) is 2.54. The zero-order valence-corrected chi connectivity index (χ0v) is 14.7. The van der Waals surface area contributed by atoms with Crippen LogP contribution in [0.15, 0.2) is 47.4 Å². The van der Waals surface area contributed by atoms with Crippen LogP contribution in [-0.4, -0.2) is 12.2 Å². The second-order valence-corrected chi connectivity index (χ2v) is 6.42. The first-order valence-corrected chi connectivity index (χ1v) is 8.73. The molecule has 0 bridgehead atoms. The number of carbonyl (C=O) groups excluding carboxylic acids is 1. The summed E-state index contributed by atoms with van der Waals surface area (Å²) in [5.41, 5.74) is 9.87. The lowest BCUT2D eigenvalue weighted by atomic mass is 9.87. The summed E-state index contributed by atoms with van der Waals surface area (Å²) >= 11 is 1.60. The Labute approximate surface area is 147 Å². The third kappa shape index (κ3) is 3.82. The van der Waals surface area contributed by atoms with E-state index in [9.17, 15) is 4.79 Å². The normalized spacial score (nSPS) is 16.1. The van der Waals surface area contributed by atoms with Crippen LogP contribution in [0.3, 0.4) is 0 Å². The predicted octanol–water partition coefficient (Wildman–Crippen LogP) is 4.22. The lowest BCUT2D eigenvalue weighted by Gasteiger charge is -2.27. The number of benzene rings is 2. The number of anilines is 1. The Morgan fingerprint density at radius 1 is 1.26 bits per heavy atom. The van der Waals surface area contributed by atoms with Gasteiger partial charge in [0.15, 0.2) is 0 Å². The molecule has 0 heterocycles. The number of amides is 1. The first-order valence-electron chi connectivity index (χ1n) is 7.51. The predicted molar refractivity (Wildman–Crippen MR) is 99.5 cm³/mol. The molecule has 2 aromatic rings. The van der Waals surface area contributed by atoms with Crippen molar-refractivity contribution >= 4 is 35.8 Å². The molecule has 0 radical (unpaired) electrons. The van der Waals surface area contributed by atoms with Gasteiger partial charge in [0.1, 0.15) is 0 Å². The van der Waals surface area contributed by atoms with Crippen LogP contribution >= 0.6 is 24.2 Å². The molecule has 3 rings (SSSR count). The smallest absolute Gasteiger partial charge is 0.252 e. The van der Waals surface area contributed by atoms with Gasteiger partial charge in [0, 0.05) is 10.6 Å². The number of hydrogen-bond acceptors (Lipinski definition) is 3. The van der Waals surface area contributed by atoms with Gasteiger partial charge in [-0.25, -0.2) is 0 Å². The van der Waals surface area contributed by atoms with E-state index in [1.54, 1.807) is 11.8 Å². The van der Waals surface area contributed by atoms with E-state index in [1.807, 2.05) is 42.7 Å². The largest absolute Gasteiger partial charge is 0.399 e. The number of carbonyl (C=O) groups is 1. The molecular formula is C18H21ClN2OS. The molecule has 0 saturated carbocycles. The maximum absolute atomic E-state index is 12.6. The number of nitrogens with two attached hydrogens (primary N) is 1. The molecule has 23 heavy (non-hydrogen) atoms. The van der Waals surface area contributed by atoms with Crippen molar-refractivity contribution in [2.24, 2.45) is 0 Å². The fraction of sp³-hybridized carbons (Fsp3) is 0.278. The monoisotopic (exact) mass is 348 g/mol.